The van der Waals surface area contributed by atoms with E-state index >= 15 is 0 Å². The van der Waals surface area contributed by atoms with Gasteiger partial charge in [-0.25, -0.2) is 0 Å². The van der Waals surface area contributed by atoms with E-state index in [-0.39, 0.29) is 17.9 Å². The molecule has 2 amide bonds. The number of piperazine rings is 1. The van der Waals surface area contributed by atoms with Gasteiger partial charge in [-0.2, -0.15) is 0 Å². The lowest BCUT2D eigenvalue weighted by Gasteiger charge is -2.35. The Bertz CT molecular complexity index is 637. The average molecular weight is 400 g/mol. The third-order valence-corrected chi connectivity index (χ3v) is 5.40. The van der Waals surface area contributed by atoms with Crippen molar-refractivity contribution in [2.75, 3.05) is 44.6 Å². The Labute approximate surface area is 163 Å². The zero-order valence-electron chi connectivity index (χ0n) is 14.5. The van der Waals surface area contributed by atoms with Crippen LogP contribution >= 0.6 is 23.2 Å². The second-order valence-electron chi connectivity index (χ2n) is 6.56. The monoisotopic (exact) mass is 399 g/mol. The Morgan fingerprint density at radius 3 is 2.46 bits per heavy atom. The van der Waals surface area contributed by atoms with E-state index in [4.69, 9.17) is 27.9 Å². The van der Waals surface area contributed by atoms with Crippen molar-refractivity contribution in [3.8, 4) is 0 Å². The van der Waals surface area contributed by atoms with Crippen molar-refractivity contribution >= 4 is 40.7 Å². The van der Waals surface area contributed by atoms with E-state index in [1.807, 2.05) is 4.90 Å². The molecule has 8 heteroatoms. The predicted molar refractivity (Wildman–Crippen MR) is 102 cm³/mol. The summed E-state index contributed by atoms with van der Waals surface area (Å²) in [6, 6.07) is 5.11. The summed E-state index contributed by atoms with van der Waals surface area (Å²) in [7, 11) is 0. The Morgan fingerprint density at radius 1 is 1.15 bits per heavy atom. The van der Waals surface area contributed by atoms with Gasteiger partial charge in [0, 0.05) is 45.8 Å². The Morgan fingerprint density at radius 2 is 1.85 bits per heavy atom. The van der Waals surface area contributed by atoms with Crippen molar-refractivity contribution in [1.82, 2.24) is 9.80 Å². The fourth-order valence-corrected chi connectivity index (χ4v) is 3.74. The molecular weight excluding hydrogens is 377 g/mol. The molecule has 0 bridgehead atoms. The molecule has 26 heavy (non-hydrogen) atoms. The zero-order valence-corrected chi connectivity index (χ0v) is 16.1. The van der Waals surface area contributed by atoms with Crippen LogP contribution in [0.25, 0.3) is 0 Å². The molecule has 0 aliphatic carbocycles. The van der Waals surface area contributed by atoms with E-state index in [0.717, 1.165) is 25.9 Å². The third-order valence-electron chi connectivity index (χ3n) is 4.77. The molecule has 1 unspecified atom stereocenters. The van der Waals surface area contributed by atoms with Crippen molar-refractivity contribution in [3.63, 3.8) is 0 Å². The smallest absolute Gasteiger partial charge is 0.251 e. The van der Waals surface area contributed by atoms with Gasteiger partial charge in [-0.05, 0) is 25.0 Å². The lowest BCUT2D eigenvalue weighted by molar-refractivity contribution is -0.142. The highest BCUT2D eigenvalue weighted by Crippen LogP contribution is 2.29. The van der Waals surface area contributed by atoms with Gasteiger partial charge < -0.3 is 15.0 Å². The van der Waals surface area contributed by atoms with Gasteiger partial charge in [0.15, 0.2) is 0 Å². The van der Waals surface area contributed by atoms with E-state index in [0.29, 0.717) is 48.4 Å². The SMILES string of the molecule is O=C(CCN1CCN(C(=O)C2CCCO2)CC1)Nc1c(Cl)cccc1Cl. The first-order chi connectivity index (χ1) is 12.5. The summed E-state index contributed by atoms with van der Waals surface area (Å²) in [5.41, 5.74) is 0.452. The van der Waals surface area contributed by atoms with Gasteiger partial charge >= 0.3 is 0 Å². The lowest BCUT2D eigenvalue weighted by atomic mass is 10.2. The highest BCUT2D eigenvalue weighted by Gasteiger charge is 2.30. The molecule has 6 nitrogen and oxygen atoms in total. The number of nitrogens with zero attached hydrogens (tertiary/aromatic N) is 2. The maximum absolute atomic E-state index is 12.3. The number of carbonyl (C=O) groups excluding carboxylic acids is 2. The second-order valence-corrected chi connectivity index (χ2v) is 7.38. The first kappa shape index (κ1) is 19.4. The highest BCUT2D eigenvalue weighted by atomic mass is 35.5. The minimum atomic E-state index is -0.257. The third kappa shape index (κ3) is 4.88. The van der Waals surface area contributed by atoms with Crippen molar-refractivity contribution in [2.24, 2.45) is 0 Å². The first-order valence-corrected chi connectivity index (χ1v) is 9.67. The van der Waals surface area contributed by atoms with Crippen LogP contribution in [0.15, 0.2) is 18.2 Å². The van der Waals surface area contributed by atoms with Crippen molar-refractivity contribution in [1.29, 1.82) is 0 Å². The normalized spacial score (nSPS) is 21.0. The van der Waals surface area contributed by atoms with Crippen LogP contribution in [0.5, 0.6) is 0 Å². The van der Waals surface area contributed by atoms with Gasteiger partial charge in [-0.3, -0.25) is 14.5 Å². The quantitative estimate of drug-likeness (QED) is 0.826. The molecule has 0 spiro atoms. The molecule has 0 aromatic heterocycles. The number of rotatable bonds is 5. The molecule has 1 N–H and O–H groups in total. The summed E-state index contributed by atoms with van der Waals surface area (Å²) in [5.74, 6) is -0.0221. The molecule has 3 rings (SSSR count). The summed E-state index contributed by atoms with van der Waals surface area (Å²) in [4.78, 5) is 28.6. The summed E-state index contributed by atoms with van der Waals surface area (Å²) in [6.45, 7) is 4.20. The van der Waals surface area contributed by atoms with E-state index in [2.05, 4.69) is 10.2 Å². The van der Waals surface area contributed by atoms with Crippen molar-refractivity contribution in [2.45, 2.75) is 25.4 Å². The molecular formula is C18H23Cl2N3O3. The van der Waals surface area contributed by atoms with E-state index in [9.17, 15) is 9.59 Å². The Kier molecular flexibility index (Phi) is 6.75. The maximum Gasteiger partial charge on any atom is 0.251 e. The van der Waals surface area contributed by atoms with Crippen molar-refractivity contribution in [3.05, 3.63) is 28.2 Å². The Hall–Kier alpha value is -1.34. The number of halogens is 2. The number of hydrogen-bond donors (Lipinski definition) is 1. The van der Waals surface area contributed by atoms with E-state index in [1.165, 1.54) is 0 Å². The number of para-hydroxylation sites is 1. The number of anilines is 1. The first-order valence-electron chi connectivity index (χ1n) is 8.91. The van der Waals surface area contributed by atoms with Crippen LogP contribution < -0.4 is 5.32 Å². The van der Waals surface area contributed by atoms with Crippen LogP contribution in [-0.2, 0) is 14.3 Å². The molecule has 2 fully saturated rings. The second kappa shape index (κ2) is 9.04. The molecule has 2 saturated heterocycles. The summed E-state index contributed by atoms with van der Waals surface area (Å²) < 4.78 is 5.47. The minimum absolute atomic E-state index is 0.105. The van der Waals surface area contributed by atoms with Gasteiger partial charge in [-0.1, -0.05) is 29.3 Å². The van der Waals surface area contributed by atoms with Gasteiger partial charge in [0.05, 0.1) is 15.7 Å². The molecule has 1 aromatic carbocycles. The molecule has 0 saturated carbocycles. The fourth-order valence-electron chi connectivity index (χ4n) is 3.25. The van der Waals surface area contributed by atoms with Crippen LogP contribution in [0.4, 0.5) is 5.69 Å². The number of carbonyl (C=O) groups is 2. The summed E-state index contributed by atoms with van der Waals surface area (Å²) in [6.07, 6.45) is 1.87. The molecule has 2 aliphatic rings. The summed E-state index contributed by atoms with van der Waals surface area (Å²) >= 11 is 12.1. The van der Waals surface area contributed by atoms with Crippen LogP contribution in [0.2, 0.25) is 10.0 Å². The lowest BCUT2D eigenvalue weighted by Crippen LogP contribution is -2.51. The molecule has 2 aliphatic heterocycles. The van der Waals surface area contributed by atoms with Gasteiger partial charge in [0.1, 0.15) is 6.10 Å². The fraction of sp³-hybridized carbons (Fsp3) is 0.556. The molecule has 0 radical (unpaired) electrons. The topological polar surface area (TPSA) is 61.9 Å². The summed E-state index contributed by atoms with van der Waals surface area (Å²) in [5, 5.41) is 3.62. The number of ether oxygens (including phenoxy) is 1. The van der Waals surface area contributed by atoms with Crippen molar-refractivity contribution < 1.29 is 14.3 Å². The molecule has 1 atom stereocenters. The van der Waals surface area contributed by atoms with E-state index < -0.39 is 0 Å². The number of amides is 2. The predicted octanol–water partition coefficient (Wildman–Crippen LogP) is 2.65. The average Bonchev–Trinajstić information content (AvgIpc) is 3.18. The van der Waals surface area contributed by atoms with Crippen LogP contribution in [0, 0.1) is 0 Å². The van der Waals surface area contributed by atoms with Crippen LogP contribution in [0.1, 0.15) is 19.3 Å². The zero-order chi connectivity index (χ0) is 18.5. The molecule has 2 heterocycles. The maximum atomic E-state index is 12.3. The number of nitrogens with one attached hydrogen (secondary N) is 1. The van der Waals surface area contributed by atoms with Gasteiger partial charge in [0.2, 0.25) is 5.91 Å². The minimum Gasteiger partial charge on any atom is -0.368 e. The van der Waals surface area contributed by atoms with Gasteiger partial charge in [0.25, 0.3) is 5.91 Å². The molecule has 1 aromatic rings. The van der Waals surface area contributed by atoms with E-state index in [1.54, 1.807) is 18.2 Å². The Balaban J connectivity index is 1.41. The standard InChI is InChI=1S/C18H23Cl2N3O3/c19-13-3-1-4-14(20)17(13)21-16(24)6-7-22-8-10-23(11-9-22)18(25)15-5-2-12-26-15/h1,3-4,15H,2,5-12H2,(H,21,24). The number of benzene rings is 1. The largest absolute Gasteiger partial charge is 0.368 e. The molecule has 142 valence electrons. The van der Waals surface area contributed by atoms with Crippen LogP contribution in [-0.4, -0.2) is 67.0 Å². The van der Waals surface area contributed by atoms with Crippen LogP contribution in [0.3, 0.4) is 0 Å². The number of hydrogen-bond acceptors (Lipinski definition) is 4. The highest BCUT2D eigenvalue weighted by molar-refractivity contribution is 6.39. The van der Waals surface area contributed by atoms with Gasteiger partial charge in [-0.15, -0.1) is 0 Å².